The van der Waals surface area contributed by atoms with Gasteiger partial charge in [0.05, 0.1) is 18.9 Å². The highest BCUT2D eigenvalue weighted by molar-refractivity contribution is 5.86. The maximum absolute atomic E-state index is 6.06. The predicted molar refractivity (Wildman–Crippen MR) is 97.4 cm³/mol. The molecule has 0 fully saturated rings. The largest absolute Gasteiger partial charge is 0.497 e. The molecule has 0 saturated carbocycles. The molecule has 0 amide bonds. The first-order valence-corrected chi connectivity index (χ1v) is 8.04. The van der Waals surface area contributed by atoms with E-state index in [-0.39, 0.29) is 6.10 Å². The van der Waals surface area contributed by atoms with E-state index in [1.807, 2.05) is 74.6 Å². The van der Waals surface area contributed by atoms with Crippen LogP contribution < -0.4 is 9.47 Å². The van der Waals surface area contributed by atoms with Crippen molar-refractivity contribution in [3.05, 3.63) is 66.9 Å². The second kappa shape index (κ2) is 7.18. The van der Waals surface area contributed by atoms with Crippen LogP contribution in [-0.2, 0) is 0 Å². The molecule has 24 heavy (non-hydrogen) atoms. The van der Waals surface area contributed by atoms with Gasteiger partial charge in [0.1, 0.15) is 11.5 Å². The smallest absolute Gasteiger partial charge is 0.128 e. The fourth-order valence-electron chi connectivity index (χ4n) is 2.67. The number of hydrogen-bond acceptors (Lipinski definition) is 3. The normalized spacial score (nSPS) is 10.7. The standard InChI is InChI=1S/C21H21NO2/c1-15(2)24-20-9-6-7-18(19-8-4-5-14-22-19)21(20)16-10-12-17(23-3)13-11-16/h4-15H,1-3H3. The summed E-state index contributed by atoms with van der Waals surface area (Å²) in [6.07, 6.45) is 1.91. The molecule has 0 unspecified atom stereocenters. The lowest BCUT2D eigenvalue weighted by Gasteiger charge is -2.18. The number of ether oxygens (including phenoxy) is 2. The van der Waals surface area contributed by atoms with Crippen LogP contribution in [-0.4, -0.2) is 18.2 Å². The molecule has 0 bridgehead atoms. The van der Waals surface area contributed by atoms with Crippen molar-refractivity contribution in [3.63, 3.8) is 0 Å². The summed E-state index contributed by atoms with van der Waals surface area (Å²) < 4.78 is 11.3. The Morgan fingerprint density at radius 3 is 2.29 bits per heavy atom. The van der Waals surface area contributed by atoms with Gasteiger partial charge in [0.15, 0.2) is 0 Å². The number of pyridine rings is 1. The van der Waals surface area contributed by atoms with Crippen molar-refractivity contribution in [1.82, 2.24) is 4.98 Å². The minimum Gasteiger partial charge on any atom is -0.497 e. The highest BCUT2D eigenvalue weighted by Gasteiger charge is 2.15. The fraction of sp³-hybridized carbons (Fsp3) is 0.190. The molecule has 0 spiro atoms. The molecular formula is C21H21NO2. The van der Waals surface area contributed by atoms with Crippen molar-refractivity contribution in [3.8, 4) is 33.9 Å². The Kier molecular flexibility index (Phi) is 4.80. The molecule has 0 atom stereocenters. The molecule has 0 aliphatic heterocycles. The molecule has 0 N–H and O–H groups in total. The number of aromatic nitrogens is 1. The number of benzene rings is 2. The van der Waals surface area contributed by atoms with Crippen molar-refractivity contribution in [2.75, 3.05) is 7.11 Å². The van der Waals surface area contributed by atoms with E-state index in [9.17, 15) is 0 Å². The number of methoxy groups -OCH3 is 1. The predicted octanol–water partition coefficient (Wildman–Crippen LogP) is 5.21. The zero-order valence-corrected chi connectivity index (χ0v) is 14.2. The Balaban J connectivity index is 2.18. The molecule has 0 aliphatic carbocycles. The summed E-state index contributed by atoms with van der Waals surface area (Å²) in [4.78, 5) is 4.51. The van der Waals surface area contributed by atoms with E-state index >= 15 is 0 Å². The van der Waals surface area contributed by atoms with Gasteiger partial charge in [0, 0.05) is 17.3 Å². The van der Waals surface area contributed by atoms with Crippen molar-refractivity contribution < 1.29 is 9.47 Å². The van der Waals surface area contributed by atoms with Crippen LogP contribution in [0, 0.1) is 0 Å². The van der Waals surface area contributed by atoms with Crippen LogP contribution in [0.1, 0.15) is 13.8 Å². The van der Waals surface area contributed by atoms with Crippen LogP contribution in [0.15, 0.2) is 66.9 Å². The monoisotopic (exact) mass is 319 g/mol. The van der Waals surface area contributed by atoms with Crippen LogP contribution in [0.25, 0.3) is 22.4 Å². The summed E-state index contributed by atoms with van der Waals surface area (Å²) in [6.45, 7) is 4.07. The van der Waals surface area contributed by atoms with E-state index in [0.29, 0.717) is 0 Å². The second-order valence-electron chi connectivity index (χ2n) is 5.79. The minimum atomic E-state index is 0.0981. The molecule has 3 rings (SSSR count). The first kappa shape index (κ1) is 16.1. The second-order valence-corrected chi connectivity index (χ2v) is 5.79. The molecule has 3 nitrogen and oxygen atoms in total. The van der Waals surface area contributed by atoms with E-state index in [2.05, 4.69) is 11.1 Å². The van der Waals surface area contributed by atoms with Gasteiger partial charge in [-0.15, -0.1) is 0 Å². The van der Waals surface area contributed by atoms with Crippen LogP contribution in [0.3, 0.4) is 0 Å². The van der Waals surface area contributed by atoms with Crippen molar-refractivity contribution >= 4 is 0 Å². The Morgan fingerprint density at radius 2 is 1.67 bits per heavy atom. The molecule has 3 aromatic rings. The summed E-state index contributed by atoms with van der Waals surface area (Å²) in [5.41, 5.74) is 4.11. The minimum absolute atomic E-state index is 0.0981. The van der Waals surface area contributed by atoms with Crippen LogP contribution in [0.5, 0.6) is 11.5 Å². The topological polar surface area (TPSA) is 31.4 Å². The Bertz CT molecular complexity index is 796. The van der Waals surface area contributed by atoms with E-state index in [1.54, 1.807) is 7.11 Å². The van der Waals surface area contributed by atoms with Crippen molar-refractivity contribution in [2.45, 2.75) is 20.0 Å². The van der Waals surface area contributed by atoms with Gasteiger partial charge in [-0.1, -0.05) is 30.3 Å². The summed E-state index contributed by atoms with van der Waals surface area (Å²) in [7, 11) is 1.67. The third-order valence-corrected chi connectivity index (χ3v) is 3.71. The van der Waals surface area contributed by atoms with E-state index < -0.39 is 0 Å². The zero-order chi connectivity index (χ0) is 16.9. The Morgan fingerprint density at radius 1 is 0.875 bits per heavy atom. The molecule has 0 radical (unpaired) electrons. The molecule has 0 aliphatic rings. The number of hydrogen-bond donors (Lipinski definition) is 0. The highest BCUT2D eigenvalue weighted by atomic mass is 16.5. The molecule has 1 heterocycles. The van der Waals surface area contributed by atoms with E-state index in [4.69, 9.17) is 9.47 Å². The lowest BCUT2D eigenvalue weighted by molar-refractivity contribution is 0.243. The highest BCUT2D eigenvalue weighted by Crippen LogP contribution is 2.39. The van der Waals surface area contributed by atoms with E-state index in [0.717, 1.165) is 33.9 Å². The maximum Gasteiger partial charge on any atom is 0.128 e. The van der Waals surface area contributed by atoms with Crippen LogP contribution in [0.2, 0.25) is 0 Å². The van der Waals surface area contributed by atoms with Gasteiger partial charge in [0.25, 0.3) is 0 Å². The summed E-state index contributed by atoms with van der Waals surface area (Å²) >= 11 is 0. The quantitative estimate of drug-likeness (QED) is 0.647. The molecule has 2 aromatic carbocycles. The average molecular weight is 319 g/mol. The van der Waals surface area contributed by atoms with Gasteiger partial charge in [-0.05, 0) is 49.7 Å². The third-order valence-electron chi connectivity index (χ3n) is 3.71. The Labute approximate surface area is 142 Å². The molecule has 0 saturated heterocycles. The lowest BCUT2D eigenvalue weighted by Crippen LogP contribution is -2.07. The lowest BCUT2D eigenvalue weighted by atomic mass is 9.96. The van der Waals surface area contributed by atoms with Crippen LogP contribution >= 0.6 is 0 Å². The number of nitrogens with zero attached hydrogens (tertiary/aromatic N) is 1. The zero-order valence-electron chi connectivity index (χ0n) is 14.2. The summed E-state index contributed by atoms with van der Waals surface area (Å²) in [5.74, 6) is 1.69. The fourth-order valence-corrected chi connectivity index (χ4v) is 2.67. The Hall–Kier alpha value is -2.81. The van der Waals surface area contributed by atoms with Gasteiger partial charge in [0.2, 0.25) is 0 Å². The van der Waals surface area contributed by atoms with Gasteiger partial charge >= 0.3 is 0 Å². The summed E-state index contributed by atoms with van der Waals surface area (Å²) in [5, 5.41) is 0. The van der Waals surface area contributed by atoms with E-state index in [1.165, 1.54) is 0 Å². The average Bonchev–Trinajstić information content (AvgIpc) is 2.62. The van der Waals surface area contributed by atoms with Crippen molar-refractivity contribution in [1.29, 1.82) is 0 Å². The summed E-state index contributed by atoms with van der Waals surface area (Å²) in [6, 6.07) is 20.0. The van der Waals surface area contributed by atoms with Gasteiger partial charge < -0.3 is 9.47 Å². The van der Waals surface area contributed by atoms with Gasteiger partial charge in [-0.25, -0.2) is 0 Å². The maximum atomic E-state index is 6.06. The first-order valence-electron chi connectivity index (χ1n) is 8.04. The SMILES string of the molecule is COc1ccc(-c2c(OC(C)C)cccc2-c2ccccn2)cc1. The van der Waals surface area contributed by atoms with Crippen molar-refractivity contribution in [2.24, 2.45) is 0 Å². The van der Waals surface area contributed by atoms with Crippen LogP contribution in [0.4, 0.5) is 0 Å². The molecule has 122 valence electrons. The molecule has 1 aromatic heterocycles. The van der Waals surface area contributed by atoms with Gasteiger partial charge in [-0.3, -0.25) is 4.98 Å². The first-order chi connectivity index (χ1) is 11.7. The molecular weight excluding hydrogens is 298 g/mol. The van der Waals surface area contributed by atoms with Gasteiger partial charge in [-0.2, -0.15) is 0 Å². The molecule has 3 heteroatoms. The number of rotatable bonds is 5. The third kappa shape index (κ3) is 3.40.